The number of rotatable bonds is 1. The fourth-order valence-electron chi connectivity index (χ4n) is 2.45. The first-order valence-corrected chi connectivity index (χ1v) is 6.91. The highest BCUT2D eigenvalue weighted by Gasteiger charge is 2.20. The lowest BCUT2D eigenvalue weighted by Gasteiger charge is -2.12. The van der Waals surface area contributed by atoms with Gasteiger partial charge in [0.2, 0.25) is 0 Å². The number of nitrogens with two attached hydrogens (primary N) is 1. The van der Waals surface area contributed by atoms with E-state index < -0.39 is 5.56 Å². The van der Waals surface area contributed by atoms with Crippen molar-refractivity contribution >= 4 is 5.82 Å². The molecule has 0 spiro atoms. The Bertz CT molecular complexity index is 919. The third kappa shape index (κ3) is 2.45. The summed E-state index contributed by atoms with van der Waals surface area (Å²) in [5.74, 6) is 1.02. The van der Waals surface area contributed by atoms with Crippen molar-refractivity contribution in [2.24, 2.45) is 0 Å². The van der Waals surface area contributed by atoms with Gasteiger partial charge >= 0.3 is 0 Å². The van der Waals surface area contributed by atoms with E-state index in [0.29, 0.717) is 30.3 Å². The second-order valence-electron chi connectivity index (χ2n) is 4.93. The average Bonchev–Trinajstić information content (AvgIpc) is 2.78. The first-order chi connectivity index (χ1) is 11.2. The highest BCUT2D eigenvalue weighted by atomic mass is 16.5. The van der Waals surface area contributed by atoms with E-state index in [0.717, 1.165) is 6.42 Å². The second-order valence-corrected chi connectivity index (χ2v) is 4.93. The van der Waals surface area contributed by atoms with Crippen LogP contribution in [0.3, 0.4) is 0 Å². The molecule has 0 aliphatic carbocycles. The van der Waals surface area contributed by atoms with Crippen molar-refractivity contribution in [1.82, 2.24) is 4.98 Å². The number of hydrogen-bond acceptors (Lipinski definition) is 6. The number of aromatic nitrogens is 1. The van der Waals surface area contributed by atoms with Gasteiger partial charge in [-0.25, -0.2) is 0 Å². The number of fused-ring (bicyclic) bond motifs is 1. The molecular formula is C16H12N4O3. The molecule has 1 aliphatic heterocycles. The monoisotopic (exact) mass is 308 g/mol. The number of nitriles is 2. The van der Waals surface area contributed by atoms with Gasteiger partial charge in [-0.1, -0.05) is 6.07 Å². The lowest BCUT2D eigenvalue weighted by molar-refractivity contribution is 0.297. The molecule has 3 rings (SSSR count). The molecule has 0 bridgehead atoms. The number of nitrogen functional groups attached to an aromatic ring is 1. The van der Waals surface area contributed by atoms with Crippen molar-refractivity contribution in [3.05, 3.63) is 39.7 Å². The van der Waals surface area contributed by atoms with Crippen LogP contribution in [0.1, 0.15) is 17.5 Å². The predicted molar refractivity (Wildman–Crippen MR) is 81.9 cm³/mol. The van der Waals surface area contributed by atoms with Gasteiger partial charge in [0.15, 0.2) is 11.5 Å². The predicted octanol–water partition coefficient (Wildman–Crippen LogP) is 1.53. The van der Waals surface area contributed by atoms with Gasteiger partial charge in [-0.2, -0.15) is 10.5 Å². The van der Waals surface area contributed by atoms with Gasteiger partial charge in [0, 0.05) is 12.0 Å². The number of aromatic amines is 1. The topological polar surface area (TPSA) is 125 Å². The molecule has 0 unspecified atom stereocenters. The van der Waals surface area contributed by atoms with E-state index in [1.54, 1.807) is 18.2 Å². The molecule has 23 heavy (non-hydrogen) atoms. The molecule has 0 fully saturated rings. The van der Waals surface area contributed by atoms with Crippen LogP contribution in [0, 0.1) is 22.7 Å². The molecular weight excluding hydrogens is 296 g/mol. The van der Waals surface area contributed by atoms with Crippen LogP contribution in [0.5, 0.6) is 11.5 Å². The largest absolute Gasteiger partial charge is 0.490 e. The van der Waals surface area contributed by atoms with Crippen molar-refractivity contribution in [2.45, 2.75) is 6.42 Å². The lowest BCUT2D eigenvalue weighted by atomic mass is 9.96. The van der Waals surface area contributed by atoms with Crippen LogP contribution in [0.25, 0.3) is 11.1 Å². The quantitative estimate of drug-likeness (QED) is 0.823. The van der Waals surface area contributed by atoms with E-state index in [-0.39, 0.29) is 22.5 Å². The van der Waals surface area contributed by atoms with Gasteiger partial charge in [0.1, 0.15) is 29.1 Å². The van der Waals surface area contributed by atoms with Gasteiger partial charge in [-0.15, -0.1) is 0 Å². The van der Waals surface area contributed by atoms with E-state index in [2.05, 4.69) is 4.98 Å². The zero-order valence-electron chi connectivity index (χ0n) is 12.0. The first-order valence-electron chi connectivity index (χ1n) is 6.91. The molecule has 7 heteroatoms. The number of hydrogen-bond donors (Lipinski definition) is 2. The molecule has 1 aromatic heterocycles. The molecule has 1 aromatic carbocycles. The van der Waals surface area contributed by atoms with Crippen LogP contribution >= 0.6 is 0 Å². The zero-order chi connectivity index (χ0) is 16.4. The minimum atomic E-state index is -0.633. The third-order valence-corrected chi connectivity index (χ3v) is 3.50. The van der Waals surface area contributed by atoms with Gasteiger partial charge in [0.25, 0.3) is 5.56 Å². The fraction of sp³-hybridized carbons (Fsp3) is 0.188. The lowest BCUT2D eigenvalue weighted by Crippen LogP contribution is -2.16. The molecule has 2 heterocycles. The number of benzene rings is 1. The molecule has 0 radical (unpaired) electrons. The van der Waals surface area contributed by atoms with Gasteiger partial charge < -0.3 is 20.2 Å². The highest BCUT2D eigenvalue weighted by Crippen LogP contribution is 2.36. The Morgan fingerprint density at radius 3 is 2.48 bits per heavy atom. The summed E-state index contributed by atoms with van der Waals surface area (Å²) in [5, 5.41) is 18.6. The van der Waals surface area contributed by atoms with E-state index in [9.17, 15) is 15.3 Å². The standard InChI is InChI=1S/C16H12N4O3/c17-7-10-14(11(8-18)16(21)20-15(10)19)9-2-3-12-13(6-9)23-5-1-4-22-12/h2-3,6H,1,4-5H2,(H3,19,20,21). The molecule has 7 nitrogen and oxygen atoms in total. The summed E-state index contributed by atoms with van der Waals surface area (Å²) >= 11 is 0. The van der Waals surface area contributed by atoms with Crippen molar-refractivity contribution in [3.8, 4) is 34.8 Å². The SMILES string of the molecule is N#Cc1c(N)[nH]c(=O)c(C#N)c1-c1ccc2c(c1)OCCCO2. The molecule has 114 valence electrons. The molecule has 0 saturated heterocycles. The molecule has 3 N–H and O–H groups in total. The summed E-state index contributed by atoms with van der Waals surface area (Å²) in [6, 6.07) is 8.78. The molecule has 0 amide bonds. The van der Waals surface area contributed by atoms with Crippen LogP contribution in [-0.2, 0) is 0 Å². The van der Waals surface area contributed by atoms with E-state index >= 15 is 0 Å². The number of H-pyrrole nitrogens is 1. The number of nitrogens with one attached hydrogen (secondary N) is 1. The number of pyridine rings is 1. The Morgan fingerprint density at radius 1 is 1.09 bits per heavy atom. The maximum atomic E-state index is 12.0. The Labute approximate surface area is 131 Å². The first kappa shape index (κ1) is 14.5. The molecule has 0 saturated carbocycles. The van der Waals surface area contributed by atoms with Crippen LogP contribution < -0.4 is 20.8 Å². The summed E-state index contributed by atoms with van der Waals surface area (Å²) < 4.78 is 11.2. The molecule has 2 aromatic rings. The minimum Gasteiger partial charge on any atom is -0.490 e. The summed E-state index contributed by atoms with van der Waals surface area (Å²) in [5.41, 5.74) is 5.67. The average molecular weight is 308 g/mol. The van der Waals surface area contributed by atoms with Crippen molar-refractivity contribution in [1.29, 1.82) is 10.5 Å². The van der Waals surface area contributed by atoms with E-state index in [1.165, 1.54) is 0 Å². The fourth-order valence-corrected chi connectivity index (χ4v) is 2.45. The number of nitrogens with zero attached hydrogens (tertiary/aromatic N) is 2. The Morgan fingerprint density at radius 2 is 1.78 bits per heavy atom. The van der Waals surface area contributed by atoms with Gasteiger partial charge in [-0.3, -0.25) is 4.79 Å². The van der Waals surface area contributed by atoms with Gasteiger partial charge in [-0.05, 0) is 17.7 Å². The molecule has 1 aliphatic rings. The van der Waals surface area contributed by atoms with Crippen LogP contribution in [-0.4, -0.2) is 18.2 Å². The Kier molecular flexibility index (Phi) is 3.62. The maximum Gasteiger partial charge on any atom is 0.268 e. The summed E-state index contributed by atoms with van der Waals surface area (Å²) in [4.78, 5) is 14.3. The van der Waals surface area contributed by atoms with Crippen molar-refractivity contribution in [3.63, 3.8) is 0 Å². The third-order valence-electron chi connectivity index (χ3n) is 3.50. The van der Waals surface area contributed by atoms with E-state index in [1.807, 2.05) is 12.1 Å². The van der Waals surface area contributed by atoms with Crippen molar-refractivity contribution in [2.75, 3.05) is 18.9 Å². The number of anilines is 1. The highest BCUT2D eigenvalue weighted by molar-refractivity contribution is 5.81. The smallest absolute Gasteiger partial charge is 0.268 e. The summed E-state index contributed by atoms with van der Waals surface area (Å²) in [6.45, 7) is 1.06. The normalized spacial score (nSPS) is 12.8. The Hall–Kier alpha value is -3.45. The molecule has 0 atom stereocenters. The summed E-state index contributed by atoms with van der Waals surface area (Å²) in [7, 11) is 0. The summed E-state index contributed by atoms with van der Waals surface area (Å²) in [6.07, 6.45) is 0.759. The van der Waals surface area contributed by atoms with Crippen LogP contribution in [0.4, 0.5) is 5.82 Å². The van der Waals surface area contributed by atoms with Crippen LogP contribution in [0.15, 0.2) is 23.0 Å². The Balaban J connectivity index is 2.27. The minimum absolute atomic E-state index is 0.0515. The maximum absolute atomic E-state index is 12.0. The second kappa shape index (κ2) is 5.74. The van der Waals surface area contributed by atoms with E-state index in [4.69, 9.17) is 15.2 Å². The number of ether oxygens (including phenoxy) is 2. The van der Waals surface area contributed by atoms with Gasteiger partial charge in [0.05, 0.1) is 13.2 Å². The van der Waals surface area contributed by atoms with Crippen LogP contribution in [0.2, 0.25) is 0 Å². The zero-order valence-corrected chi connectivity index (χ0v) is 12.0. The van der Waals surface area contributed by atoms with Crippen molar-refractivity contribution < 1.29 is 9.47 Å².